The van der Waals surface area contributed by atoms with Gasteiger partial charge >= 0.3 is 5.97 Å². The van der Waals surface area contributed by atoms with Crippen LogP contribution in [0.25, 0.3) is 0 Å². The molecule has 5 N–H and O–H groups in total. The van der Waals surface area contributed by atoms with Crippen LogP contribution in [0, 0.1) is 0 Å². The van der Waals surface area contributed by atoms with E-state index in [0.29, 0.717) is 31.6 Å². The number of amides is 3. The molecule has 0 aliphatic carbocycles. The van der Waals surface area contributed by atoms with Crippen molar-refractivity contribution in [3.05, 3.63) is 0 Å². The summed E-state index contributed by atoms with van der Waals surface area (Å²) in [5.41, 5.74) is 5.61. The monoisotopic (exact) mass is 452 g/mol. The van der Waals surface area contributed by atoms with Crippen LogP contribution in [0.4, 0.5) is 0 Å². The van der Waals surface area contributed by atoms with Gasteiger partial charge in [-0.05, 0) is 31.3 Å². The number of rotatable bonds is 11. The summed E-state index contributed by atoms with van der Waals surface area (Å²) in [6.07, 6.45) is 3.18. The van der Waals surface area contributed by atoms with E-state index in [0.717, 1.165) is 0 Å². The number of likely N-dealkylation sites (tertiary alicyclic amines) is 1. The van der Waals surface area contributed by atoms with Crippen molar-refractivity contribution < 1.29 is 24.3 Å². The van der Waals surface area contributed by atoms with Crippen LogP contribution in [0.3, 0.4) is 0 Å². The number of nitrogens with zero attached hydrogens (tertiary/aromatic N) is 1. The summed E-state index contributed by atoms with van der Waals surface area (Å²) in [7, 11) is 0. The Kier molecular flexibility index (Phi) is 11.1. The van der Waals surface area contributed by atoms with Crippen LogP contribution >= 0.6 is 37.0 Å². The highest BCUT2D eigenvalue weighted by molar-refractivity contribution is 7.98. The molecule has 0 aromatic heterocycles. The molecule has 0 bridgehead atoms. The van der Waals surface area contributed by atoms with Gasteiger partial charge in [0.15, 0.2) is 0 Å². The molecule has 28 heavy (non-hydrogen) atoms. The number of carboxylic acids is 1. The average Bonchev–Trinajstić information content (AvgIpc) is 3.17. The third-order valence-electron chi connectivity index (χ3n) is 4.39. The van der Waals surface area contributed by atoms with Crippen LogP contribution < -0.4 is 16.4 Å². The summed E-state index contributed by atoms with van der Waals surface area (Å²) >= 11 is 9.56. The van der Waals surface area contributed by atoms with E-state index in [9.17, 15) is 24.3 Å². The molecule has 0 spiro atoms. The zero-order chi connectivity index (χ0) is 21.3. The molecule has 0 radical (unpaired) electrons. The third kappa shape index (κ3) is 7.05. The van der Waals surface area contributed by atoms with E-state index in [2.05, 4.69) is 35.9 Å². The number of nitrogens with one attached hydrogen (secondary N) is 2. The van der Waals surface area contributed by atoms with Crippen LogP contribution in [0.2, 0.25) is 0 Å². The predicted octanol–water partition coefficient (Wildman–Crippen LogP) is -1.03. The van der Waals surface area contributed by atoms with E-state index in [4.69, 9.17) is 5.73 Å². The number of hydrogen-bond donors (Lipinski definition) is 6. The number of thioether (sulfide) groups is 1. The maximum atomic E-state index is 12.8. The Balaban J connectivity index is 2.80. The number of carbonyl (C=O) groups excluding carboxylic acids is 3. The molecule has 3 amide bonds. The minimum absolute atomic E-state index is 0.0418. The van der Waals surface area contributed by atoms with Crippen LogP contribution in [0.1, 0.15) is 19.3 Å². The SMILES string of the molecule is CSCCC(NC(=O)C1CCCN1C(=O)C(CS)NC(=O)C(N)CS)C(=O)O. The van der Waals surface area contributed by atoms with Gasteiger partial charge in [-0.25, -0.2) is 4.79 Å². The fourth-order valence-electron chi connectivity index (χ4n) is 2.81. The van der Waals surface area contributed by atoms with Crippen molar-refractivity contribution in [1.82, 2.24) is 15.5 Å². The molecular weight excluding hydrogens is 424 g/mol. The van der Waals surface area contributed by atoms with Crippen molar-refractivity contribution in [2.24, 2.45) is 5.73 Å². The number of nitrogens with two attached hydrogens (primary N) is 1. The molecule has 4 atom stereocenters. The molecule has 1 rings (SSSR count). The molecule has 1 aliphatic rings. The van der Waals surface area contributed by atoms with Crippen molar-refractivity contribution in [2.75, 3.05) is 30.1 Å². The van der Waals surface area contributed by atoms with E-state index in [1.54, 1.807) is 0 Å². The molecule has 1 fully saturated rings. The van der Waals surface area contributed by atoms with Gasteiger partial charge < -0.3 is 26.4 Å². The average molecular weight is 453 g/mol. The van der Waals surface area contributed by atoms with Crippen LogP contribution in [-0.2, 0) is 19.2 Å². The predicted molar refractivity (Wildman–Crippen MR) is 115 cm³/mol. The van der Waals surface area contributed by atoms with Gasteiger partial charge in [0.2, 0.25) is 17.7 Å². The molecule has 4 unspecified atom stereocenters. The zero-order valence-corrected chi connectivity index (χ0v) is 18.3. The normalized spacial score (nSPS) is 19.6. The second kappa shape index (κ2) is 12.5. The van der Waals surface area contributed by atoms with E-state index >= 15 is 0 Å². The molecule has 0 aromatic carbocycles. The standard InChI is InChI=1S/C16H28N4O5S3/c1-28-6-4-10(16(24)25)18-14(22)12-3-2-5-20(12)15(23)11(8-27)19-13(21)9(17)7-26/h9-12,26-27H,2-8,17H2,1H3,(H,18,22)(H,19,21)(H,24,25). The van der Waals surface area contributed by atoms with Gasteiger partial charge in [-0.3, -0.25) is 14.4 Å². The minimum atomic E-state index is -1.11. The summed E-state index contributed by atoms with van der Waals surface area (Å²) in [5.74, 6) is -1.82. The Morgan fingerprint density at radius 2 is 1.89 bits per heavy atom. The molecule has 0 saturated carbocycles. The first-order valence-corrected chi connectivity index (χ1v) is 11.5. The van der Waals surface area contributed by atoms with Crippen LogP contribution in [-0.4, -0.2) is 87.9 Å². The lowest BCUT2D eigenvalue weighted by Crippen LogP contribution is -2.57. The molecule has 160 valence electrons. The Bertz CT molecular complexity index is 580. The minimum Gasteiger partial charge on any atom is -0.480 e. The van der Waals surface area contributed by atoms with Crippen molar-refractivity contribution in [1.29, 1.82) is 0 Å². The Morgan fingerprint density at radius 1 is 1.21 bits per heavy atom. The number of hydrogen-bond acceptors (Lipinski definition) is 8. The van der Waals surface area contributed by atoms with Crippen LogP contribution in [0.15, 0.2) is 0 Å². The smallest absolute Gasteiger partial charge is 0.326 e. The maximum Gasteiger partial charge on any atom is 0.326 e. The van der Waals surface area contributed by atoms with Crippen LogP contribution in [0.5, 0.6) is 0 Å². The summed E-state index contributed by atoms with van der Waals surface area (Å²) < 4.78 is 0. The third-order valence-corrected chi connectivity index (χ3v) is 5.80. The first-order valence-electron chi connectivity index (χ1n) is 8.87. The van der Waals surface area contributed by atoms with Gasteiger partial charge in [-0.2, -0.15) is 37.0 Å². The highest BCUT2D eigenvalue weighted by Crippen LogP contribution is 2.19. The second-order valence-electron chi connectivity index (χ2n) is 6.40. The summed E-state index contributed by atoms with van der Waals surface area (Å²) in [6.45, 7) is 0.345. The van der Waals surface area contributed by atoms with E-state index in [-0.39, 0.29) is 11.5 Å². The van der Waals surface area contributed by atoms with Gasteiger partial charge in [0.25, 0.3) is 0 Å². The molecule has 1 aliphatic heterocycles. The Labute approximate surface area is 179 Å². The molecule has 9 nitrogen and oxygen atoms in total. The number of carbonyl (C=O) groups is 4. The largest absolute Gasteiger partial charge is 0.480 e. The van der Waals surface area contributed by atoms with Gasteiger partial charge in [-0.15, -0.1) is 0 Å². The van der Waals surface area contributed by atoms with Gasteiger partial charge in [-0.1, -0.05) is 0 Å². The molecular formula is C16H28N4O5S3. The summed E-state index contributed by atoms with van der Waals surface area (Å²) in [5, 5.41) is 14.3. The summed E-state index contributed by atoms with van der Waals surface area (Å²) in [4.78, 5) is 50.1. The number of thiol groups is 2. The van der Waals surface area contributed by atoms with Crippen molar-refractivity contribution in [2.45, 2.75) is 43.4 Å². The van der Waals surface area contributed by atoms with Crippen molar-refractivity contribution in [3.63, 3.8) is 0 Å². The molecule has 0 aromatic rings. The van der Waals surface area contributed by atoms with Gasteiger partial charge in [0.1, 0.15) is 18.1 Å². The zero-order valence-electron chi connectivity index (χ0n) is 15.7. The van der Waals surface area contributed by atoms with Gasteiger partial charge in [0.05, 0.1) is 6.04 Å². The Morgan fingerprint density at radius 3 is 2.43 bits per heavy atom. The van der Waals surface area contributed by atoms with Gasteiger partial charge in [0, 0.05) is 18.1 Å². The molecule has 1 saturated heterocycles. The topological polar surface area (TPSA) is 142 Å². The van der Waals surface area contributed by atoms with Crippen molar-refractivity contribution in [3.8, 4) is 0 Å². The highest BCUT2D eigenvalue weighted by Gasteiger charge is 2.38. The molecule has 12 heteroatoms. The first-order chi connectivity index (χ1) is 13.3. The lowest BCUT2D eigenvalue weighted by Gasteiger charge is -2.29. The highest BCUT2D eigenvalue weighted by atomic mass is 32.2. The number of carboxylic acid groups (broad SMARTS) is 1. The lowest BCUT2D eigenvalue weighted by molar-refractivity contribution is -0.144. The Hall–Kier alpha value is -1.11. The second-order valence-corrected chi connectivity index (χ2v) is 8.12. The first kappa shape index (κ1) is 24.9. The fraction of sp³-hybridized carbons (Fsp3) is 0.750. The quantitative estimate of drug-likeness (QED) is 0.220. The molecule has 1 heterocycles. The lowest BCUT2D eigenvalue weighted by atomic mass is 10.1. The van der Waals surface area contributed by atoms with E-state index < -0.39 is 47.9 Å². The van der Waals surface area contributed by atoms with Crippen molar-refractivity contribution >= 4 is 60.7 Å². The fourth-order valence-corrected chi connectivity index (χ4v) is 3.70. The maximum absolute atomic E-state index is 12.8. The van der Waals surface area contributed by atoms with E-state index in [1.165, 1.54) is 16.7 Å². The summed E-state index contributed by atoms with van der Waals surface area (Å²) in [6, 6.07) is -3.57. The van der Waals surface area contributed by atoms with E-state index in [1.807, 2.05) is 6.26 Å². The number of aliphatic carboxylic acids is 1.